The van der Waals surface area contributed by atoms with Crippen molar-refractivity contribution in [2.75, 3.05) is 20.2 Å². The highest BCUT2D eigenvalue weighted by Crippen LogP contribution is 2.40. The van der Waals surface area contributed by atoms with E-state index in [0.717, 1.165) is 6.42 Å². The average Bonchev–Trinajstić information content (AvgIpc) is 2.26. The number of nitrogens with one attached hydrogen (secondary N) is 2. The molecule has 1 aliphatic rings. The minimum absolute atomic E-state index is 0.0913. The quantitative estimate of drug-likeness (QED) is 0.586. The first kappa shape index (κ1) is 14.3. The number of esters is 1. The van der Waals surface area contributed by atoms with E-state index in [4.69, 9.17) is 5.11 Å². The zero-order valence-electron chi connectivity index (χ0n) is 10.3. The summed E-state index contributed by atoms with van der Waals surface area (Å²) in [5, 5.41) is 14.0. The van der Waals surface area contributed by atoms with Crippen LogP contribution in [0.25, 0.3) is 0 Å². The first-order valence-electron chi connectivity index (χ1n) is 5.82. The van der Waals surface area contributed by atoms with Gasteiger partial charge in [0.05, 0.1) is 18.9 Å². The summed E-state index contributed by atoms with van der Waals surface area (Å²) < 4.78 is 4.42. The Bertz CT molecular complexity index is 338. The molecule has 7 heteroatoms. The Morgan fingerprint density at radius 1 is 1.28 bits per heavy atom. The van der Waals surface area contributed by atoms with Gasteiger partial charge in [-0.05, 0) is 12.8 Å². The zero-order valence-corrected chi connectivity index (χ0v) is 10.3. The average molecular weight is 258 g/mol. The number of hydrogen-bond acceptors (Lipinski definition) is 4. The van der Waals surface area contributed by atoms with Crippen molar-refractivity contribution in [2.24, 2.45) is 5.41 Å². The number of urea groups is 1. The van der Waals surface area contributed by atoms with Gasteiger partial charge in [0.1, 0.15) is 0 Å². The van der Waals surface area contributed by atoms with Gasteiger partial charge in [-0.2, -0.15) is 0 Å². The number of rotatable bonds is 6. The van der Waals surface area contributed by atoms with E-state index < -0.39 is 23.4 Å². The maximum Gasteiger partial charge on any atom is 0.314 e. The third-order valence-electron chi connectivity index (χ3n) is 3.19. The highest BCUT2D eigenvalue weighted by atomic mass is 16.5. The second-order valence-corrected chi connectivity index (χ2v) is 4.37. The van der Waals surface area contributed by atoms with Crippen LogP contribution in [-0.4, -0.2) is 43.3 Å². The molecule has 0 spiro atoms. The summed E-state index contributed by atoms with van der Waals surface area (Å²) in [7, 11) is 1.27. The van der Waals surface area contributed by atoms with Crippen LogP contribution < -0.4 is 10.6 Å². The molecule has 102 valence electrons. The van der Waals surface area contributed by atoms with E-state index in [9.17, 15) is 14.4 Å². The number of carboxylic acid groups (broad SMARTS) is 1. The number of methoxy groups -OCH3 is 1. The predicted octanol–water partition coefficient (Wildman–Crippen LogP) is 0.104. The molecule has 1 saturated carbocycles. The van der Waals surface area contributed by atoms with Gasteiger partial charge < -0.3 is 20.5 Å². The molecule has 18 heavy (non-hydrogen) atoms. The SMILES string of the molecule is COC(=O)CCNC(=O)NCC1(C(=O)O)CCC1. The van der Waals surface area contributed by atoms with Gasteiger partial charge in [-0.3, -0.25) is 9.59 Å². The number of ether oxygens (including phenoxy) is 1. The molecule has 0 bridgehead atoms. The smallest absolute Gasteiger partial charge is 0.314 e. The Labute approximate surface area is 105 Å². The van der Waals surface area contributed by atoms with Gasteiger partial charge in [-0.1, -0.05) is 6.42 Å². The molecule has 1 rings (SSSR count). The summed E-state index contributed by atoms with van der Waals surface area (Å²) in [5.41, 5.74) is -0.806. The second-order valence-electron chi connectivity index (χ2n) is 4.37. The van der Waals surface area contributed by atoms with Crippen LogP contribution in [0, 0.1) is 5.41 Å². The van der Waals surface area contributed by atoms with E-state index in [-0.39, 0.29) is 19.5 Å². The van der Waals surface area contributed by atoms with Crippen molar-refractivity contribution in [3.8, 4) is 0 Å². The Hall–Kier alpha value is -1.79. The highest BCUT2D eigenvalue weighted by molar-refractivity contribution is 5.79. The van der Waals surface area contributed by atoms with Crippen LogP contribution in [0.4, 0.5) is 4.79 Å². The Balaban J connectivity index is 2.21. The molecule has 0 heterocycles. The molecular weight excluding hydrogens is 240 g/mol. The maximum absolute atomic E-state index is 11.4. The number of carboxylic acids is 1. The minimum atomic E-state index is -0.872. The molecule has 0 atom stereocenters. The first-order chi connectivity index (χ1) is 8.50. The number of aliphatic carboxylic acids is 1. The molecular formula is C11H18N2O5. The number of carbonyl (C=O) groups is 3. The Morgan fingerprint density at radius 3 is 2.39 bits per heavy atom. The fourth-order valence-electron chi connectivity index (χ4n) is 1.76. The second kappa shape index (κ2) is 6.23. The molecule has 0 unspecified atom stereocenters. The monoisotopic (exact) mass is 258 g/mol. The van der Waals surface area contributed by atoms with Gasteiger partial charge in [-0.15, -0.1) is 0 Å². The van der Waals surface area contributed by atoms with Gasteiger partial charge in [-0.25, -0.2) is 4.79 Å². The lowest BCUT2D eigenvalue weighted by Gasteiger charge is -2.37. The van der Waals surface area contributed by atoms with Crippen LogP contribution >= 0.6 is 0 Å². The van der Waals surface area contributed by atoms with Crippen molar-refractivity contribution < 1.29 is 24.2 Å². The molecule has 0 aromatic carbocycles. The Kier molecular flexibility index (Phi) is 4.94. The number of hydrogen-bond donors (Lipinski definition) is 3. The topological polar surface area (TPSA) is 105 Å². The van der Waals surface area contributed by atoms with Gasteiger partial charge in [0.15, 0.2) is 0 Å². The summed E-state index contributed by atoms with van der Waals surface area (Å²) in [4.78, 5) is 33.2. The maximum atomic E-state index is 11.4. The van der Waals surface area contributed by atoms with Crippen LogP contribution in [0.1, 0.15) is 25.7 Å². The van der Waals surface area contributed by atoms with Crippen LogP contribution in [0.5, 0.6) is 0 Å². The predicted molar refractivity (Wildman–Crippen MR) is 62.0 cm³/mol. The Morgan fingerprint density at radius 2 is 1.94 bits per heavy atom. The molecule has 0 aromatic heterocycles. The van der Waals surface area contributed by atoms with E-state index in [2.05, 4.69) is 15.4 Å². The van der Waals surface area contributed by atoms with Crippen molar-refractivity contribution in [1.29, 1.82) is 0 Å². The highest BCUT2D eigenvalue weighted by Gasteiger charge is 2.44. The largest absolute Gasteiger partial charge is 0.481 e. The van der Waals surface area contributed by atoms with E-state index in [1.165, 1.54) is 7.11 Å². The van der Waals surface area contributed by atoms with Gasteiger partial charge in [0, 0.05) is 13.1 Å². The first-order valence-corrected chi connectivity index (χ1v) is 5.82. The van der Waals surface area contributed by atoms with E-state index in [1.54, 1.807) is 0 Å². The van der Waals surface area contributed by atoms with Gasteiger partial charge in [0.2, 0.25) is 0 Å². The third kappa shape index (κ3) is 3.61. The summed E-state index contributed by atoms with van der Waals surface area (Å²) in [6, 6.07) is -0.466. The van der Waals surface area contributed by atoms with Gasteiger partial charge in [0.25, 0.3) is 0 Å². The van der Waals surface area contributed by atoms with Crippen LogP contribution in [0.15, 0.2) is 0 Å². The normalized spacial score (nSPS) is 16.3. The molecule has 1 aliphatic carbocycles. The van der Waals surface area contributed by atoms with E-state index >= 15 is 0 Å². The molecule has 0 saturated heterocycles. The van der Waals surface area contributed by atoms with Crippen molar-refractivity contribution in [2.45, 2.75) is 25.7 Å². The minimum Gasteiger partial charge on any atom is -0.481 e. The van der Waals surface area contributed by atoms with Crippen LogP contribution in [-0.2, 0) is 14.3 Å². The lowest BCUT2D eigenvalue weighted by molar-refractivity contribution is -0.153. The summed E-state index contributed by atoms with van der Waals surface area (Å²) >= 11 is 0. The summed E-state index contributed by atoms with van der Waals surface area (Å²) in [6.07, 6.45) is 2.14. The van der Waals surface area contributed by atoms with Gasteiger partial charge >= 0.3 is 18.0 Å². The van der Waals surface area contributed by atoms with Crippen LogP contribution in [0.2, 0.25) is 0 Å². The molecule has 2 amide bonds. The summed E-state index contributed by atoms with van der Waals surface area (Å²) in [6.45, 7) is 0.283. The number of carbonyl (C=O) groups excluding carboxylic acids is 2. The molecule has 1 fully saturated rings. The van der Waals surface area contributed by atoms with Crippen molar-refractivity contribution in [3.63, 3.8) is 0 Å². The number of amides is 2. The summed E-state index contributed by atoms with van der Waals surface area (Å²) in [5.74, 6) is -1.28. The van der Waals surface area contributed by atoms with E-state index in [1.807, 2.05) is 0 Å². The van der Waals surface area contributed by atoms with E-state index in [0.29, 0.717) is 12.8 Å². The lowest BCUT2D eigenvalue weighted by atomic mass is 9.69. The zero-order chi connectivity index (χ0) is 13.6. The molecule has 0 radical (unpaired) electrons. The van der Waals surface area contributed by atoms with Crippen molar-refractivity contribution in [1.82, 2.24) is 10.6 Å². The molecule has 7 nitrogen and oxygen atoms in total. The fourth-order valence-corrected chi connectivity index (χ4v) is 1.76. The standard InChI is InChI=1S/C11H18N2O5/c1-18-8(14)3-6-12-10(17)13-7-11(9(15)16)4-2-5-11/h2-7H2,1H3,(H,15,16)(H2,12,13,17). The van der Waals surface area contributed by atoms with Crippen molar-refractivity contribution in [3.05, 3.63) is 0 Å². The molecule has 0 aromatic rings. The van der Waals surface area contributed by atoms with Crippen molar-refractivity contribution >= 4 is 18.0 Å². The molecule has 0 aliphatic heterocycles. The van der Waals surface area contributed by atoms with Crippen LogP contribution in [0.3, 0.4) is 0 Å². The molecule has 3 N–H and O–H groups in total. The lowest BCUT2D eigenvalue weighted by Crippen LogP contribution is -2.49. The third-order valence-corrected chi connectivity index (χ3v) is 3.19. The fraction of sp³-hybridized carbons (Fsp3) is 0.727.